The normalized spacial score (nSPS) is 13.2. The molecule has 4 rings (SSSR count). The van der Waals surface area contributed by atoms with Gasteiger partial charge in [-0.2, -0.15) is 0 Å². The minimum atomic E-state index is -0.145. The van der Waals surface area contributed by atoms with Crippen molar-refractivity contribution in [2.45, 2.75) is 20.3 Å². The van der Waals surface area contributed by atoms with Gasteiger partial charge in [0.1, 0.15) is 0 Å². The number of amides is 2. The first-order chi connectivity index (χ1) is 13.5. The number of carbonyl (C=O) groups excluding carboxylic acids is 2. The molecule has 6 heteroatoms. The van der Waals surface area contributed by atoms with Gasteiger partial charge in [0.05, 0.1) is 23.5 Å². The van der Waals surface area contributed by atoms with E-state index in [-0.39, 0.29) is 18.2 Å². The minimum absolute atomic E-state index is 0.0805. The number of aliphatic imine (C=N–C) groups is 1. The Morgan fingerprint density at radius 1 is 1.07 bits per heavy atom. The summed E-state index contributed by atoms with van der Waals surface area (Å²) in [5, 5.41) is 9.58. The van der Waals surface area contributed by atoms with Crippen molar-refractivity contribution in [3.8, 4) is 0 Å². The zero-order chi connectivity index (χ0) is 19.7. The van der Waals surface area contributed by atoms with Crippen molar-refractivity contribution in [2.24, 2.45) is 4.99 Å². The highest BCUT2D eigenvalue weighted by atomic mass is 32.1. The Morgan fingerprint density at radius 3 is 2.50 bits per heavy atom. The summed E-state index contributed by atoms with van der Waals surface area (Å²) in [4.78, 5) is 29.3. The highest BCUT2D eigenvalue weighted by Crippen LogP contribution is 2.32. The van der Waals surface area contributed by atoms with Crippen LogP contribution < -0.4 is 10.6 Å². The fourth-order valence-corrected chi connectivity index (χ4v) is 3.92. The number of rotatable bonds is 3. The highest BCUT2D eigenvalue weighted by Gasteiger charge is 2.17. The van der Waals surface area contributed by atoms with E-state index in [1.54, 1.807) is 0 Å². The molecule has 2 aromatic carbocycles. The molecule has 3 aromatic rings. The molecule has 2 amide bonds. The lowest BCUT2D eigenvalue weighted by atomic mass is 10.1. The van der Waals surface area contributed by atoms with Gasteiger partial charge in [0, 0.05) is 22.0 Å². The van der Waals surface area contributed by atoms with E-state index in [9.17, 15) is 9.59 Å². The molecule has 0 saturated heterocycles. The molecule has 28 heavy (non-hydrogen) atoms. The largest absolute Gasteiger partial charge is 0.323 e. The number of nitrogens with zero attached hydrogens (tertiary/aromatic N) is 1. The maximum atomic E-state index is 12.5. The smallest absolute Gasteiger partial charge is 0.255 e. The van der Waals surface area contributed by atoms with Crippen LogP contribution in [0.2, 0.25) is 0 Å². The molecule has 0 radical (unpaired) electrons. The quantitative estimate of drug-likeness (QED) is 0.656. The lowest BCUT2D eigenvalue weighted by Gasteiger charge is -2.09. The molecule has 140 valence electrons. The lowest BCUT2D eigenvalue weighted by Crippen LogP contribution is -2.15. The topological polar surface area (TPSA) is 70.6 Å². The van der Waals surface area contributed by atoms with E-state index in [1.807, 2.05) is 67.1 Å². The second-order valence-corrected chi connectivity index (χ2v) is 7.61. The predicted molar refractivity (Wildman–Crippen MR) is 114 cm³/mol. The Hall–Kier alpha value is -3.25. The van der Waals surface area contributed by atoms with Crippen molar-refractivity contribution >= 4 is 45.9 Å². The number of thiophene rings is 1. The molecule has 2 heterocycles. The van der Waals surface area contributed by atoms with Crippen LogP contribution >= 0.6 is 11.3 Å². The van der Waals surface area contributed by atoms with E-state index in [4.69, 9.17) is 0 Å². The third kappa shape index (κ3) is 3.87. The van der Waals surface area contributed by atoms with E-state index >= 15 is 0 Å². The molecule has 2 N–H and O–H groups in total. The second kappa shape index (κ2) is 7.40. The molecule has 0 bridgehead atoms. The van der Waals surface area contributed by atoms with E-state index < -0.39 is 0 Å². The summed E-state index contributed by atoms with van der Waals surface area (Å²) in [5.41, 5.74) is 6.54. The van der Waals surface area contributed by atoms with Gasteiger partial charge in [0.15, 0.2) is 0 Å². The summed E-state index contributed by atoms with van der Waals surface area (Å²) < 4.78 is 0. The van der Waals surface area contributed by atoms with Gasteiger partial charge in [-0.25, -0.2) is 4.99 Å². The fourth-order valence-electron chi connectivity index (χ4n) is 3.22. The fraction of sp³-hybridized carbons (Fsp3) is 0.136. The van der Waals surface area contributed by atoms with Gasteiger partial charge in [0.2, 0.25) is 5.91 Å². The molecule has 1 aliphatic heterocycles. The van der Waals surface area contributed by atoms with Gasteiger partial charge >= 0.3 is 0 Å². The van der Waals surface area contributed by atoms with Crippen molar-refractivity contribution in [1.82, 2.24) is 0 Å². The first kappa shape index (κ1) is 18.1. The van der Waals surface area contributed by atoms with Crippen LogP contribution in [-0.2, 0) is 4.79 Å². The molecule has 0 aliphatic carbocycles. The number of benzene rings is 2. The Kier molecular flexibility index (Phi) is 4.79. The van der Waals surface area contributed by atoms with Crippen LogP contribution in [0.5, 0.6) is 0 Å². The summed E-state index contributed by atoms with van der Waals surface area (Å²) in [6.45, 7) is 3.95. The van der Waals surface area contributed by atoms with E-state index in [2.05, 4.69) is 15.6 Å². The molecule has 1 aliphatic rings. The Bertz CT molecular complexity index is 1080. The Balaban J connectivity index is 1.54. The maximum Gasteiger partial charge on any atom is 0.255 e. The van der Waals surface area contributed by atoms with Gasteiger partial charge < -0.3 is 10.6 Å². The Morgan fingerprint density at radius 2 is 1.79 bits per heavy atom. The van der Waals surface area contributed by atoms with Gasteiger partial charge in [-0.3, -0.25) is 9.59 Å². The standard InChI is InChI=1S/C22H19N3O2S/c1-13-7-14(2)9-16(8-13)22(27)23-17-5-3-15(4-6-17)18-10-21(26)25-20-12-28-11-19(20)24-18/h3-9,11-12H,10H2,1-2H3,(H,23,27)(H,25,26). The van der Waals surface area contributed by atoms with Crippen LogP contribution in [0.25, 0.3) is 0 Å². The van der Waals surface area contributed by atoms with Crippen LogP contribution in [0.3, 0.4) is 0 Å². The van der Waals surface area contributed by atoms with E-state index in [0.717, 1.165) is 28.1 Å². The zero-order valence-electron chi connectivity index (χ0n) is 15.6. The van der Waals surface area contributed by atoms with Crippen molar-refractivity contribution in [2.75, 3.05) is 10.6 Å². The molecule has 0 saturated carbocycles. The van der Waals surface area contributed by atoms with Gasteiger partial charge in [-0.05, 0) is 43.7 Å². The van der Waals surface area contributed by atoms with Crippen LogP contribution in [-0.4, -0.2) is 17.5 Å². The van der Waals surface area contributed by atoms with Crippen LogP contribution in [0.4, 0.5) is 17.1 Å². The van der Waals surface area contributed by atoms with E-state index in [1.165, 1.54) is 11.3 Å². The predicted octanol–water partition coefficient (Wildman–Crippen LogP) is 5.08. The maximum absolute atomic E-state index is 12.5. The first-order valence-electron chi connectivity index (χ1n) is 8.91. The minimum Gasteiger partial charge on any atom is -0.323 e. The number of aryl methyl sites for hydroxylation is 2. The monoisotopic (exact) mass is 389 g/mol. The van der Waals surface area contributed by atoms with Gasteiger partial charge in [-0.1, -0.05) is 29.3 Å². The van der Waals surface area contributed by atoms with Gasteiger partial charge in [0.25, 0.3) is 5.91 Å². The van der Waals surface area contributed by atoms with Crippen LogP contribution in [0.1, 0.15) is 33.5 Å². The number of hydrogen-bond acceptors (Lipinski definition) is 4. The zero-order valence-corrected chi connectivity index (χ0v) is 16.4. The first-order valence-corrected chi connectivity index (χ1v) is 9.86. The summed E-state index contributed by atoms with van der Waals surface area (Å²) >= 11 is 1.50. The number of nitrogens with one attached hydrogen (secondary N) is 2. The summed E-state index contributed by atoms with van der Waals surface area (Å²) in [6.07, 6.45) is 0.216. The molecule has 0 fully saturated rings. The number of hydrogen-bond donors (Lipinski definition) is 2. The average Bonchev–Trinajstić information content (AvgIpc) is 3.01. The van der Waals surface area contributed by atoms with Crippen LogP contribution in [0.15, 0.2) is 58.2 Å². The van der Waals surface area contributed by atoms with E-state index in [0.29, 0.717) is 17.0 Å². The Labute approximate surface area is 167 Å². The molecular formula is C22H19N3O2S. The SMILES string of the molecule is Cc1cc(C)cc(C(=O)Nc2ccc(C3=Nc4cscc4NC(=O)C3)cc2)c1. The molecule has 0 atom stereocenters. The van der Waals surface area contributed by atoms with Crippen molar-refractivity contribution in [1.29, 1.82) is 0 Å². The van der Waals surface area contributed by atoms with Crippen LogP contribution in [0, 0.1) is 13.8 Å². The lowest BCUT2D eigenvalue weighted by molar-refractivity contribution is -0.115. The highest BCUT2D eigenvalue weighted by molar-refractivity contribution is 7.09. The number of carbonyl (C=O) groups is 2. The van der Waals surface area contributed by atoms with Crippen molar-refractivity contribution < 1.29 is 9.59 Å². The summed E-state index contributed by atoms with van der Waals surface area (Å²) in [7, 11) is 0. The van der Waals surface area contributed by atoms with Crippen molar-refractivity contribution in [3.63, 3.8) is 0 Å². The molecular weight excluding hydrogens is 370 g/mol. The molecule has 1 aromatic heterocycles. The molecule has 5 nitrogen and oxygen atoms in total. The second-order valence-electron chi connectivity index (χ2n) is 6.86. The summed E-state index contributed by atoms with van der Waals surface area (Å²) in [6, 6.07) is 13.2. The third-order valence-corrected chi connectivity index (χ3v) is 5.19. The average molecular weight is 389 g/mol. The third-order valence-electron chi connectivity index (χ3n) is 4.46. The molecule has 0 spiro atoms. The number of anilines is 2. The molecule has 0 unspecified atom stereocenters. The van der Waals surface area contributed by atoms with Gasteiger partial charge in [-0.15, -0.1) is 11.3 Å². The summed E-state index contributed by atoms with van der Waals surface area (Å²) in [5.74, 6) is -0.225. The van der Waals surface area contributed by atoms with Crippen molar-refractivity contribution in [3.05, 3.63) is 75.5 Å². The number of fused-ring (bicyclic) bond motifs is 1.